The van der Waals surface area contributed by atoms with E-state index in [1.807, 2.05) is 19.2 Å². The molecule has 14 heavy (non-hydrogen) atoms. The average molecular weight is 193 g/mol. The molecule has 1 rings (SSSR count). The van der Waals surface area contributed by atoms with Crippen LogP contribution in [0.1, 0.15) is 26.3 Å². The van der Waals surface area contributed by atoms with Crippen molar-refractivity contribution in [3.05, 3.63) is 17.8 Å². The zero-order valence-electron chi connectivity index (χ0n) is 9.33. The van der Waals surface area contributed by atoms with Crippen molar-refractivity contribution in [2.24, 2.45) is 5.92 Å². The maximum atomic E-state index is 5.84. The van der Waals surface area contributed by atoms with Gasteiger partial charge in [0.1, 0.15) is 5.82 Å². The van der Waals surface area contributed by atoms with Crippen molar-refractivity contribution in [1.29, 1.82) is 0 Å². The molecule has 3 heteroatoms. The number of aryl methyl sites for hydroxylation is 1. The van der Waals surface area contributed by atoms with Crippen LogP contribution in [-0.2, 0) is 0 Å². The number of aromatic nitrogens is 1. The van der Waals surface area contributed by atoms with E-state index in [2.05, 4.69) is 31.1 Å². The molecular weight excluding hydrogens is 174 g/mol. The van der Waals surface area contributed by atoms with Crippen molar-refractivity contribution >= 4 is 11.5 Å². The maximum Gasteiger partial charge on any atom is 0.149 e. The molecule has 0 spiro atoms. The third-order valence-electron chi connectivity index (χ3n) is 2.42. The van der Waals surface area contributed by atoms with Crippen molar-refractivity contribution in [2.75, 3.05) is 11.1 Å². The molecule has 0 amide bonds. The molecule has 1 heterocycles. The summed E-state index contributed by atoms with van der Waals surface area (Å²) in [6.45, 7) is 8.45. The summed E-state index contributed by atoms with van der Waals surface area (Å²) >= 11 is 0. The van der Waals surface area contributed by atoms with Gasteiger partial charge in [-0.05, 0) is 31.4 Å². The summed E-state index contributed by atoms with van der Waals surface area (Å²) in [5, 5.41) is 3.30. The highest BCUT2D eigenvalue weighted by molar-refractivity contribution is 5.61. The molecule has 0 aliphatic rings. The van der Waals surface area contributed by atoms with Crippen LogP contribution in [0.4, 0.5) is 11.5 Å². The van der Waals surface area contributed by atoms with E-state index in [9.17, 15) is 0 Å². The number of anilines is 2. The lowest BCUT2D eigenvalue weighted by Gasteiger charge is -2.19. The van der Waals surface area contributed by atoms with Crippen molar-refractivity contribution in [3.63, 3.8) is 0 Å². The van der Waals surface area contributed by atoms with Gasteiger partial charge >= 0.3 is 0 Å². The quantitative estimate of drug-likeness (QED) is 0.775. The molecule has 0 saturated carbocycles. The number of nitrogens with zero attached hydrogens (tertiary/aromatic N) is 1. The Morgan fingerprint density at radius 3 is 2.50 bits per heavy atom. The Balaban J connectivity index is 2.77. The SMILES string of the molecule is Cc1cnc(NC(C)C(C)C)c(N)c1. The first-order valence-electron chi connectivity index (χ1n) is 4.99. The van der Waals surface area contributed by atoms with Crippen LogP contribution in [0.15, 0.2) is 12.3 Å². The van der Waals surface area contributed by atoms with E-state index >= 15 is 0 Å². The predicted molar refractivity (Wildman–Crippen MR) is 61.3 cm³/mol. The molecule has 0 fully saturated rings. The highest BCUT2D eigenvalue weighted by Crippen LogP contribution is 2.18. The van der Waals surface area contributed by atoms with Crippen LogP contribution in [-0.4, -0.2) is 11.0 Å². The highest BCUT2D eigenvalue weighted by Gasteiger charge is 2.09. The Morgan fingerprint density at radius 1 is 1.36 bits per heavy atom. The smallest absolute Gasteiger partial charge is 0.149 e. The van der Waals surface area contributed by atoms with E-state index in [0.717, 1.165) is 17.1 Å². The predicted octanol–water partition coefficient (Wildman–Crippen LogP) is 2.43. The summed E-state index contributed by atoms with van der Waals surface area (Å²) in [6.07, 6.45) is 1.83. The average Bonchev–Trinajstić information content (AvgIpc) is 2.09. The van der Waals surface area contributed by atoms with Crippen molar-refractivity contribution in [1.82, 2.24) is 4.98 Å². The minimum absolute atomic E-state index is 0.382. The lowest BCUT2D eigenvalue weighted by atomic mass is 10.1. The summed E-state index contributed by atoms with van der Waals surface area (Å²) in [5.74, 6) is 1.36. The Hall–Kier alpha value is -1.25. The molecule has 1 atom stereocenters. The Labute approximate surface area is 85.7 Å². The molecule has 3 nitrogen and oxygen atoms in total. The standard InChI is InChI=1S/C11H19N3/c1-7(2)9(4)14-11-10(12)5-8(3)6-13-11/h5-7,9H,12H2,1-4H3,(H,13,14). The minimum atomic E-state index is 0.382. The summed E-state index contributed by atoms with van der Waals surface area (Å²) in [4.78, 5) is 4.26. The van der Waals surface area contributed by atoms with Gasteiger partial charge in [0.15, 0.2) is 0 Å². The number of nitrogens with two attached hydrogens (primary N) is 1. The lowest BCUT2D eigenvalue weighted by molar-refractivity contribution is 0.558. The van der Waals surface area contributed by atoms with E-state index < -0.39 is 0 Å². The topological polar surface area (TPSA) is 50.9 Å². The molecule has 1 aromatic rings. The van der Waals surface area contributed by atoms with Gasteiger partial charge in [0.05, 0.1) is 5.69 Å². The van der Waals surface area contributed by atoms with Crippen LogP contribution < -0.4 is 11.1 Å². The van der Waals surface area contributed by atoms with Crippen LogP contribution in [0.5, 0.6) is 0 Å². The zero-order valence-corrected chi connectivity index (χ0v) is 9.33. The molecule has 0 aliphatic heterocycles. The first kappa shape index (κ1) is 10.8. The van der Waals surface area contributed by atoms with Gasteiger partial charge in [-0.2, -0.15) is 0 Å². The van der Waals surface area contributed by atoms with Crippen LogP contribution >= 0.6 is 0 Å². The third kappa shape index (κ3) is 2.62. The molecule has 78 valence electrons. The summed E-state index contributed by atoms with van der Waals surface area (Å²) in [5.41, 5.74) is 7.65. The van der Waals surface area contributed by atoms with Crippen LogP contribution in [0, 0.1) is 12.8 Å². The normalized spacial score (nSPS) is 12.9. The van der Waals surface area contributed by atoms with Gasteiger partial charge in [-0.15, -0.1) is 0 Å². The van der Waals surface area contributed by atoms with E-state index in [1.54, 1.807) is 0 Å². The Kier molecular flexibility index (Phi) is 3.33. The van der Waals surface area contributed by atoms with Gasteiger partial charge in [0.25, 0.3) is 0 Å². The largest absolute Gasteiger partial charge is 0.396 e. The molecule has 0 aliphatic carbocycles. The first-order valence-corrected chi connectivity index (χ1v) is 4.99. The molecule has 3 N–H and O–H groups in total. The van der Waals surface area contributed by atoms with Crippen LogP contribution in [0.2, 0.25) is 0 Å². The van der Waals surface area contributed by atoms with Gasteiger partial charge in [-0.25, -0.2) is 4.98 Å². The van der Waals surface area contributed by atoms with E-state index in [-0.39, 0.29) is 0 Å². The number of nitrogens with one attached hydrogen (secondary N) is 1. The van der Waals surface area contributed by atoms with Crippen molar-refractivity contribution in [2.45, 2.75) is 33.7 Å². The monoisotopic (exact) mass is 193 g/mol. The number of hydrogen-bond acceptors (Lipinski definition) is 3. The van der Waals surface area contributed by atoms with E-state index in [4.69, 9.17) is 5.73 Å². The van der Waals surface area contributed by atoms with E-state index in [0.29, 0.717) is 12.0 Å². The van der Waals surface area contributed by atoms with Crippen molar-refractivity contribution < 1.29 is 0 Å². The second-order valence-corrected chi connectivity index (χ2v) is 4.13. The summed E-state index contributed by atoms with van der Waals surface area (Å²) in [6, 6.07) is 2.31. The fourth-order valence-corrected chi connectivity index (χ4v) is 1.09. The highest BCUT2D eigenvalue weighted by atomic mass is 15.0. The van der Waals surface area contributed by atoms with Gasteiger partial charge in [0, 0.05) is 12.2 Å². The zero-order chi connectivity index (χ0) is 10.7. The van der Waals surface area contributed by atoms with Crippen LogP contribution in [0.25, 0.3) is 0 Å². The molecule has 1 aromatic heterocycles. The molecule has 0 saturated heterocycles. The van der Waals surface area contributed by atoms with Gasteiger partial charge in [-0.3, -0.25) is 0 Å². The number of rotatable bonds is 3. The van der Waals surface area contributed by atoms with E-state index in [1.165, 1.54) is 0 Å². The van der Waals surface area contributed by atoms with Gasteiger partial charge < -0.3 is 11.1 Å². The second-order valence-electron chi connectivity index (χ2n) is 4.13. The molecule has 0 radical (unpaired) electrons. The summed E-state index contributed by atoms with van der Waals surface area (Å²) in [7, 11) is 0. The third-order valence-corrected chi connectivity index (χ3v) is 2.42. The molecule has 0 aromatic carbocycles. The number of hydrogen-bond donors (Lipinski definition) is 2. The molecular formula is C11H19N3. The number of nitrogen functional groups attached to an aromatic ring is 1. The fourth-order valence-electron chi connectivity index (χ4n) is 1.09. The summed E-state index contributed by atoms with van der Waals surface area (Å²) < 4.78 is 0. The Bertz CT molecular complexity index is 307. The first-order chi connectivity index (χ1) is 6.50. The van der Waals surface area contributed by atoms with Gasteiger partial charge in [0.2, 0.25) is 0 Å². The van der Waals surface area contributed by atoms with Crippen molar-refractivity contribution in [3.8, 4) is 0 Å². The fraction of sp³-hybridized carbons (Fsp3) is 0.545. The molecule has 1 unspecified atom stereocenters. The Morgan fingerprint density at radius 2 is 2.00 bits per heavy atom. The number of pyridine rings is 1. The minimum Gasteiger partial charge on any atom is -0.396 e. The molecule has 0 bridgehead atoms. The maximum absolute atomic E-state index is 5.84. The van der Waals surface area contributed by atoms with Crippen LogP contribution in [0.3, 0.4) is 0 Å². The van der Waals surface area contributed by atoms with Gasteiger partial charge in [-0.1, -0.05) is 13.8 Å². The second kappa shape index (κ2) is 4.31. The lowest BCUT2D eigenvalue weighted by Crippen LogP contribution is -2.22.